The van der Waals surface area contributed by atoms with E-state index in [9.17, 15) is 14.4 Å². The number of carbonyl (C=O) groups excluding carboxylic acids is 3. The van der Waals surface area contributed by atoms with Gasteiger partial charge >= 0.3 is 6.09 Å². The highest BCUT2D eigenvalue weighted by Crippen LogP contribution is 2.46. The zero-order valence-electron chi connectivity index (χ0n) is 17.8. The topological polar surface area (TPSA) is 75.7 Å². The van der Waals surface area contributed by atoms with Crippen molar-refractivity contribution in [1.82, 2.24) is 10.2 Å². The van der Waals surface area contributed by atoms with E-state index in [0.717, 1.165) is 33.3 Å². The third kappa shape index (κ3) is 3.62. The van der Waals surface area contributed by atoms with Crippen molar-refractivity contribution in [3.63, 3.8) is 0 Å². The van der Waals surface area contributed by atoms with E-state index in [0.29, 0.717) is 24.3 Å². The molecule has 1 aliphatic heterocycles. The number of hydrogen-bond donors (Lipinski definition) is 1. The Morgan fingerprint density at radius 1 is 1.22 bits per heavy atom. The standard InChI is InChI=1S/C25H25BrN2O4/c1-15(17-7-8-17)27-22(29)21(13-16-5-3-2-4-6-16)28-23(30)25(32-24(28)31)12-11-18-9-10-19(26)14-20(18)25/h2-6,9-10,14-15,17,21H,7-8,11-13H2,1H3,(H,27,29)/t15-,21?,25+/m0/s1. The van der Waals surface area contributed by atoms with Crippen LogP contribution in [0.2, 0.25) is 0 Å². The molecule has 2 fully saturated rings. The summed E-state index contributed by atoms with van der Waals surface area (Å²) in [6, 6.07) is 14.2. The number of aryl methyl sites for hydroxylation is 1. The van der Waals surface area contributed by atoms with Gasteiger partial charge in [-0.15, -0.1) is 0 Å². The average Bonchev–Trinajstić information content (AvgIpc) is 3.53. The second-order valence-corrected chi connectivity index (χ2v) is 9.93. The number of hydrogen-bond acceptors (Lipinski definition) is 4. The molecule has 1 unspecified atom stereocenters. The van der Waals surface area contributed by atoms with E-state index in [-0.39, 0.29) is 18.4 Å². The van der Waals surface area contributed by atoms with Crippen LogP contribution in [0.25, 0.3) is 0 Å². The summed E-state index contributed by atoms with van der Waals surface area (Å²) in [6.07, 6.45) is 2.70. The largest absolute Gasteiger partial charge is 0.427 e. The minimum absolute atomic E-state index is 0.00613. The molecule has 6 nitrogen and oxygen atoms in total. The summed E-state index contributed by atoms with van der Waals surface area (Å²) in [5.41, 5.74) is 1.22. The van der Waals surface area contributed by atoms with Gasteiger partial charge in [0.2, 0.25) is 11.5 Å². The monoisotopic (exact) mass is 496 g/mol. The van der Waals surface area contributed by atoms with Crippen LogP contribution in [0.5, 0.6) is 0 Å². The fourth-order valence-corrected chi connectivity index (χ4v) is 5.24. The third-order valence-electron chi connectivity index (χ3n) is 6.86. The molecule has 1 saturated carbocycles. The normalized spacial score (nSPS) is 23.8. The third-order valence-corrected chi connectivity index (χ3v) is 7.35. The first-order chi connectivity index (χ1) is 15.4. The first kappa shape index (κ1) is 21.2. The number of carbonyl (C=O) groups is 3. The van der Waals surface area contributed by atoms with Crippen molar-refractivity contribution in [1.29, 1.82) is 0 Å². The van der Waals surface area contributed by atoms with Crippen LogP contribution < -0.4 is 5.32 Å². The van der Waals surface area contributed by atoms with Gasteiger partial charge in [0.25, 0.3) is 5.91 Å². The lowest BCUT2D eigenvalue weighted by atomic mass is 9.94. The van der Waals surface area contributed by atoms with Gasteiger partial charge in [-0.1, -0.05) is 52.3 Å². The van der Waals surface area contributed by atoms with E-state index in [1.165, 1.54) is 0 Å². The average molecular weight is 497 g/mol. The van der Waals surface area contributed by atoms with Gasteiger partial charge in [0.15, 0.2) is 0 Å². The highest BCUT2D eigenvalue weighted by molar-refractivity contribution is 9.10. The Morgan fingerprint density at radius 2 is 1.97 bits per heavy atom. The van der Waals surface area contributed by atoms with Gasteiger partial charge in [0.1, 0.15) is 6.04 Å². The van der Waals surface area contributed by atoms with Crippen molar-refractivity contribution < 1.29 is 19.1 Å². The number of ether oxygens (including phenoxy) is 1. The van der Waals surface area contributed by atoms with E-state index < -0.39 is 23.6 Å². The lowest BCUT2D eigenvalue weighted by Crippen LogP contribution is -2.53. The Morgan fingerprint density at radius 3 is 2.69 bits per heavy atom. The molecule has 0 bridgehead atoms. The highest BCUT2D eigenvalue weighted by atomic mass is 79.9. The summed E-state index contributed by atoms with van der Waals surface area (Å²) in [5, 5.41) is 3.04. The van der Waals surface area contributed by atoms with E-state index >= 15 is 0 Å². The number of benzene rings is 2. The van der Waals surface area contributed by atoms with Crippen molar-refractivity contribution in [3.8, 4) is 0 Å². The van der Waals surface area contributed by atoms with E-state index in [2.05, 4.69) is 21.2 Å². The van der Waals surface area contributed by atoms with Gasteiger partial charge in [-0.3, -0.25) is 9.59 Å². The molecule has 1 spiro atoms. The molecule has 7 heteroatoms. The summed E-state index contributed by atoms with van der Waals surface area (Å²) < 4.78 is 6.60. The molecule has 1 saturated heterocycles. The smallest absolute Gasteiger partial charge is 0.418 e. The molecular formula is C25H25BrN2O4. The van der Waals surface area contributed by atoms with Crippen LogP contribution >= 0.6 is 15.9 Å². The van der Waals surface area contributed by atoms with E-state index in [1.54, 1.807) is 0 Å². The van der Waals surface area contributed by atoms with Crippen LogP contribution in [-0.2, 0) is 32.8 Å². The second kappa shape index (κ2) is 8.03. The van der Waals surface area contributed by atoms with E-state index in [1.807, 2.05) is 55.5 Å². The first-order valence-corrected chi connectivity index (χ1v) is 11.9. The SMILES string of the molecule is C[C@H](NC(=O)C(Cc1ccccc1)N1C(=O)O[C@@]2(CCc3ccc(Br)cc32)C1=O)C1CC1. The van der Waals surface area contributed by atoms with Gasteiger partial charge in [-0.25, -0.2) is 9.69 Å². The van der Waals surface area contributed by atoms with Gasteiger partial charge in [-0.2, -0.15) is 0 Å². The fraction of sp³-hybridized carbons (Fsp3) is 0.400. The Balaban J connectivity index is 1.48. The molecule has 2 aliphatic carbocycles. The maximum Gasteiger partial charge on any atom is 0.418 e. The zero-order chi connectivity index (χ0) is 22.5. The van der Waals surface area contributed by atoms with Crippen molar-refractivity contribution in [3.05, 3.63) is 69.7 Å². The van der Waals surface area contributed by atoms with Gasteiger partial charge in [0, 0.05) is 28.9 Å². The Labute approximate surface area is 195 Å². The fourth-order valence-electron chi connectivity index (χ4n) is 4.88. The number of nitrogens with one attached hydrogen (secondary N) is 1. The van der Waals surface area contributed by atoms with Crippen LogP contribution in [0.1, 0.15) is 42.9 Å². The van der Waals surface area contributed by atoms with Crippen molar-refractivity contribution in [2.75, 3.05) is 0 Å². The lowest BCUT2D eigenvalue weighted by molar-refractivity contribution is -0.142. The van der Waals surface area contributed by atoms with Crippen LogP contribution in [0.4, 0.5) is 4.79 Å². The Kier molecular flexibility index (Phi) is 5.32. The molecule has 166 valence electrons. The minimum Gasteiger partial charge on any atom is -0.427 e. The number of fused-ring (bicyclic) bond motifs is 2. The molecule has 1 heterocycles. The van der Waals surface area contributed by atoms with Crippen molar-refractivity contribution in [2.24, 2.45) is 5.92 Å². The van der Waals surface area contributed by atoms with Crippen LogP contribution in [0, 0.1) is 5.92 Å². The predicted molar refractivity (Wildman–Crippen MR) is 122 cm³/mol. The number of nitrogens with zero attached hydrogens (tertiary/aromatic N) is 1. The molecule has 3 atom stereocenters. The maximum atomic E-state index is 13.8. The quantitative estimate of drug-likeness (QED) is 0.653. The maximum absolute atomic E-state index is 13.8. The van der Waals surface area contributed by atoms with E-state index in [4.69, 9.17) is 4.74 Å². The van der Waals surface area contributed by atoms with Crippen molar-refractivity contribution >= 4 is 33.8 Å². The molecule has 0 aromatic heterocycles. The summed E-state index contributed by atoms with van der Waals surface area (Å²) in [5.74, 6) is -0.305. The molecular weight excluding hydrogens is 472 g/mol. The minimum atomic E-state index is -1.35. The van der Waals surface area contributed by atoms with Gasteiger partial charge in [0.05, 0.1) is 0 Å². The van der Waals surface area contributed by atoms with Crippen molar-refractivity contribution in [2.45, 2.75) is 56.7 Å². The summed E-state index contributed by atoms with van der Waals surface area (Å²) in [6.45, 7) is 1.98. The zero-order valence-corrected chi connectivity index (χ0v) is 19.4. The molecule has 3 amide bonds. The molecule has 1 N–H and O–H groups in total. The van der Waals surface area contributed by atoms with Crippen LogP contribution in [0.15, 0.2) is 53.0 Å². The Bertz CT molecular complexity index is 1080. The number of halogens is 1. The molecule has 2 aromatic carbocycles. The number of rotatable bonds is 6. The number of amides is 3. The number of imide groups is 1. The molecule has 32 heavy (non-hydrogen) atoms. The Hall–Kier alpha value is -2.67. The molecule has 5 rings (SSSR count). The molecule has 0 radical (unpaired) electrons. The van der Waals surface area contributed by atoms with Gasteiger partial charge < -0.3 is 10.1 Å². The lowest BCUT2D eigenvalue weighted by Gasteiger charge is -2.26. The molecule has 3 aliphatic rings. The highest BCUT2D eigenvalue weighted by Gasteiger charge is 2.60. The van der Waals surface area contributed by atoms with Gasteiger partial charge in [-0.05, 0) is 55.4 Å². The summed E-state index contributed by atoms with van der Waals surface area (Å²) in [7, 11) is 0. The summed E-state index contributed by atoms with van der Waals surface area (Å²) in [4.78, 5) is 41.3. The summed E-state index contributed by atoms with van der Waals surface area (Å²) >= 11 is 3.46. The predicted octanol–water partition coefficient (Wildman–Crippen LogP) is 4.10. The first-order valence-electron chi connectivity index (χ1n) is 11.1. The second-order valence-electron chi connectivity index (χ2n) is 9.01. The molecule has 2 aromatic rings. The van der Waals surface area contributed by atoms with Crippen LogP contribution in [-0.4, -0.2) is 34.9 Å². The van der Waals surface area contributed by atoms with Crippen LogP contribution in [0.3, 0.4) is 0 Å².